The summed E-state index contributed by atoms with van der Waals surface area (Å²) in [4.78, 5) is 2.67. The lowest BCUT2D eigenvalue weighted by Crippen LogP contribution is -2.54. The first-order chi connectivity index (χ1) is 23.0. The average Bonchev–Trinajstić information content (AvgIpc) is 3.33. The standard InChI is InChI=1S/C46H37N/c1-45-27-8-9-28-46(45,2)47(34-13-4-3-5-14-34)42-26-21-33(29-41(42)45)36-22-17-31-20-25-40-38(23-18-32-19-24-39(36)43(31)44(32)40)37-16-10-12-30-11-6-7-15-35(30)37/h3-7,10-26,29H,8-9,27-28H2,1-2H3. The van der Waals surface area contributed by atoms with Crippen molar-refractivity contribution in [2.24, 2.45) is 0 Å². The molecular weight excluding hydrogens is 567 g/mol. The van der Waals surface area contributed by atoms with E-state index in [1.807, 2.05) is 0 Å². The average molecular weight is 604 g/mol. The van der Waals surface area contributed by atoms with Gasteiger partial charge in [-0.3, -0.25) is 0 Å². The van der Waals surface area contributed by atoms with Gasteiger partial charge in [0.05, 0.1) is 5.54 Å². The second-order valence-electron chi connectivity index (χ2n) is 14.4. The number of hydrogen-bond acceptors (Lipinski definition) is 1. The van der Waals surface area contributed by atoms with E-state index in [1.165, 1.54) is 108 Å². The van der Waals surface area contributed by atoms with E-state index in [0.717, 1.165) is 0 Å². The molecule has 0 saturated heterocycles. The SMILES string of the molecule is CC12CCCCC1(C)N(c1ccccc1)c1ccc(-c3ccc4ccc5c(-c6cccc7ccccc67)ccc6ccc3c4c65)cc12. The molecule has 1 aliphatic heterocycles. The van der Waals surface area contributed by atoms with Gasteiger partial charge in [-0.1, -0.05) is 135 Å². The molecule has 47 heavy (non-hydrogen) atoms. The van der Waals surface area contributed by atoms with Gasteiger partial charge in [0.1, 0.15) is 0 Å². The lowest BCUT2D eigenvalue weighted by atomic mass is 9.61. The van der Waals surface area contributed by atoms with Crippen LogP contribution in [0.2, 0.25) is 0 Å². The quantitative estimate of drug-likeness (QED) is 0.182. The van der Waals surface area contributed by atoms with E-state index in [-0.39, 0.29) is 11.0 Å². The Bertz CT molecular complexity index is 2500. The fourth-order valence-corrected chi connectivity index (χ4v) is 9.63. The molecule has 2 atom stereocenters. The number of para-hydroxylation sites is 1. The summed E-state index contributed by atoms with van der Waals surface area (Å²) in [7, 11) is 0. The minimum absolute atomic E-state index is 0.0498. The maximum atomic E-state index is 2.67. The van der Waals surface area contributed by atoms with Crippen LogP contribution in [0.1, 0.15) is 45.1 Å². The first kappa shape index (κ1) is 27.0. The van der Waals surface area contributed by atoms with Crippen LogP contribution in [0.15, 0.2) is 140 Å². The van der Waals surface area contributed by atoms with Crippen LogP contribution in [-0.2, 0) is 5.41 Å². The highest BCUT2D eigenvalue weighted by Gasteiger charge is 2.57. The van der Waals surface area contributed by atoms with Crippen molar-refractivity contribution < 1.29 is 0 Å². The van der Waals surface area contributed by atoms with Crippen molar-refractivity contribution in [1.29, 1.82) is 0 Å². The molecule has 2 aliphatic rings. The molecule has 1 heteroatoms. The summed E-state index contributed by atoms with van der Waals surface area (Å²) < 4.78 is 0. The molecular formula is C46H37N. The van der Waals surface area contributed by atoms with Gasteiger partial charge in [-0.25, -0.2) is 0 Å². The van der Waals surface area contributed by atoms with E-state index in [4.69, 9.17) is 0 Å². The molecule has 10 rings (SSSR count). The summed E-state index contributed by atoms with van der Waals surface area (Å²) in [5.74, 6) is 0. The van der Waals surface area contributed by atoms with Gasteiger partial charge in [0.2, 0.25) is 0 Å². The first-order valence-electron chi connectivity index (χ1n) is 17.2. The lowest BCUT2D eigenvalue weighted by molar-refractivity contribution is 0.195. The number of rotatable bonds is 3. The zero-order valence-electron chi connectivity index (χ0n) is 27.1. The van der Waals surface area contributed by atoms with Crippen LogP contribution in [0, 0.1) is 0 Å². The second-order valence-corrected chi connectivity index (χ2v) is 14.4. The van der Waals surface area contributed by atoms with Gasteiger partial charge in [0, 0.05) is 16.8 Å². The minimum Gasteiger partial charge on any atom is -0.334 e. The molecule has 0 amide bonds. The highest BCUT2D eigenvalue weighted by molar-refractivity contribution is 6.28. The third-order valence-electron chi connectivity index (χ3n) is 12.2. The molecule has 0 radical (unpaired) electrons. The van der Waals surface area contributed by atoms with Crippen LogP contribution >= 0.6 is 0 Å². The zero-order chi connectivity index (χ0) is 31.3. The molecule has 1 aliphatic carbocycles. The molecule has 0 aromatic heterocycles. The molecule has 226 valence electrons. The molecule has 0 N–H and O–H groups in total. The molecule has 1 heterocycles. The van der Waals surface area contributed by atoms with Crippen molar-refractivity contribution in [3.63, 3.8) is 0 Å². The maximum Gasteiger partial charge on any atom is 0.0517 e. The summed E-state index contributed by atoms with van der Waals surface area (Å²) in [6, 6.07) is 52.6. The number of anilines is 2. The van der Waals surface area contributed by atoms with Crippen LogP contribution in [0.4, 0.5) is 11.4 Å². The van der Waals surface area contributed by atoms with E-state index in [9.17, 15) is 0 Å². The van der Waals surface area contributed by atoms with E-state index >= 15 is 0 Å². The largest absolute Gasteiger partial charge is 0.334 e. The Morgan fingerprint density at radius 3 is 1.94 bits per heavy atom. The predicted molar refractivity (Wildman–Crippen MR) is 201 cm³/mol. The normalized spacial score (nSPS) is 20.8. The lowest BCUT2D eigenvalue weighted by Gasteiger charge is -2.50. The van der Waals surface area contributed by atoms with Crippen LogP contribution in [0.3, 0.4) is 0 Å². The van der Waals surface area contributed by atoms with Crippen LogP contribution in [-0.4, -0.2) is 5.54 Å². The Hall–Kier alpha value is -5.14. The zero-order valence-corrected chi connectivity index (χ0v) is 27.1. The highest BCUT2D eigenvalue weighted by Crippen LogP contribution is 2.61. The van der Waals surface area contributed by atoms with E-state index < -0.39 is 0 Å². The second kappa shape index (κ2) is 9.69. The Labute approximate surface area is 276 Å². The molecule has 1 nitrogen and oxygen atoms in total. The Morgan fingerprint density at radius 1 is 0.489 bits per heavy atom. The predicted octanol–water partition coefficient (Wildman–Crippen LogP) is 12.8. The van der Waals surface area contributed by atoms with Crippen molar-refractivity contribution >= 4 is 54.5 Å². The summed E-state index contributed by atoms with van der Waals surface area (Å²) in [6.45, 7) is 5.05. The monoisotopic (exact) mass is 603 g/mol. The highest BCUT2D eigenvalue weighted by atomic mass is 15.2. The Kier molecular flexibility index (Phi) is 5.57. The van der Waals surface area contributed by atoms with Crippen molar-refractivity contribution in [3.05, 3.63) is 145 Å². The minimum atomic E-state index is 0.0498. The van der Waals surface area contributed by atoms with Gasteiger partial charge < -0.3 is 4.90 Å². The van der Waals surface area contributed by atoms with E-state index in [1.54, 1.807) is 0 Å². The van der Waals surface area contributed by atoms with E-state index in [2.05, 4.69) is 158 Å². The third-order valence-corrected chi connectivity index (χ3v) is 12.2. The van der Waals surface area contributed by atoms with Crippen LogP contribution in [0.25, 0.3) is 65.3 Å². The maximum absolute atomic E-state index is 2.67. The summed E-state index contributed by atoms with van der Waals surface area (Å²) >= 11 is 0. The number of nitrogens with zero attached hydrogens (tertiary/aromatic N) is 1. The van der Waals surface area contributed by atoms with Gasteiger partial charge in [-0.2, -0.15) is 0 Å². The van der Waals surface area contributed by atoms with Crippen LogP contribution < -0.4 is 4.90 Å². The first-order valence-corrected chi connectivity index (χ1v) is 17.2. The van der Waals surface area contributed by atoms with Gasteiger partial charge in [0.15, 0.2) is 0 Å². The third kappa shape index (κ3) is 3.60. The van der Waals surface area contributed by atoms with Gasteiger partial charge in [-0.05, 0) is 115 Å². The molecule has 1 fully saturated rings. The van der Waals surface area contributed by atoms with Crippen molar-refractivity contribution in [2.45, 2.75) is 50.5 Å². The number of benzene rings is 8. The van der Waals surface area contributed by atoms with E-state index in [0.29, 0.717) is 0 Å². The Morgan fingerprint density at radius 2 is 1.13 bits per heavy atom. The summed E-state index contributed by atoms with van der Waals surface area (Å²) in [6.07, 6.45) is 5.00. The fourth-order valence-electron chi connectivity index (χ4n) is 9.63. The van der Waals surface area contributed by atoms with Crippen molar-refractivity contribution in [2.75, 3.05) is 4.90 Å². The summed E-state index contributed by atoms with van der Waals surface area (Å²) in [5, 5.41) is 10.6. The number of hydrogen-bond donors (Lipinski definition) is 0. The van der Waals surface area contributed by atoms with Crippen molar-refractivity contribution in [1.82, 2.24) is 0 Å². The van der Waals surface area contributed by atoms with Gasteiger partial charge >= 0.3 is 0 Å². The van der Waals surface area contributed by atoms with Crippen molar-refractivity contribution in [3.8, 4) is 22.3 Å². The molecule has 0 spiro atoms. The molecule has 8 aromatic carbocycles. The topological polar surface area (TPSA) is 3.24 Å². The molecule has 2 unspecified atom stereocenters. The number of fused-ring (bicyclic) bond motifs is 4. The smallest absolute Gasteiger partial charge is 0.0517 e. The Balaban J connectivity index is 1.20. The molecule has 1 saturated carbocycles. The molecule has 0 bridgehead atoms. The van der Waals surface area contributed by atoms with Crippen LogP contribution in [0.5, 0.6) is 0 Å². The van der Waals surface area contributed by atoms with Gasteiger partial charge in [-0.15, -0.1) is 0 Å². The summed E-state index contributed by atoms with van der Waals surface area (Å²) in [5.41, 5.74) is 9.57. The van der Waals surface area contributed by atoms with Gasteiger partial charge in [0.25, 0.3) is 0 Å². The molecule has 8 aromatic rings. The fraction of sp³-hybridized carbons (Fsp3) is 0.174.